The van der Waals surface area contributed by atoms with Crippen LogP contribution in [0.3, 0.4) is 0 Å². The van der Waals surface area contributed by atoms with Crippen LogP contribution in [-0.4, -0.2) is 17.2 Å². The van der Waals surface area contributed by atoms with Gasteiger partial charge in [-0.1, -0.05) is 77.9 Å². The molecule has 1 heterocycles. The van der Waals surface area contributed by atoms with Crippen molar-refractivity contribution >= 4 is 29.1 Å². The molecule has 1 fully saturated rings. The Kier molecular flexibility index (Phi) is 5.86. The van der Waals surface area contributed by atoms with E-state index in [1.54, 1.807) is 4.90 Å². The molecule has 0 unspecified atom stereocenters. The number of hydrogen-bond acceptors (Lipinski definition) is 4. The van der Waals surface area contributed by atoms with Crippen LogP contribution in [0.4, 0.5) is 10.5 Å². The van der Waals surface area contributed by atoms with E-state index < -0.39 is 6.16 Å². The van der Waals surface area contributed by atoms with Crippen LogP contribution in [0.5, 0.6) is 5.06 Å². The predicted molar refractivity (Wildman–Crippen MR) is 118 cm³/mol. The van der Waals surface area contributed by atoms with Crippen LogP contribution < -0.4 is 9.64 Å². The molecule has 1 aromatic heterocycles. The van der Waals surface area contributed by atoms with Crippen LogP contribution in [-0.2, 0) is 11.3 Å². The Morgan fingerprint density at radius 2 is 1.80 bits per heavy atom. The minimum Gasteiger partial charge on any atom is -0.449 e. The number of anilines is 1. The lowest BCUT2D eigenvalue weighted by molar-refractivity contribution is -0.124. The molecule has 0 atom stereocenters. The van der Waals surface area contributed by atoms with Crippen LogP contribution in [0.15, 0.2) is 60.7 Å². The maximum absolute atomic E-state index is 13.3. The molecule has 0 aliphatic heterocycles. The minimum absolute atomic E-state index is 0.0202. The molecule has 1 N–H and O–H groups in total. The summed E-state index contributed by atoms with van der Waals surface area (Å²) in [5.41, 5.74) is 3.60. The standard InChI is InChI=1S/C24H23NO4S/c1-16-10-12-17(13-11-16)15-25(22(26)19-8-5-9-19)20-14-21(18-6-3-2-4-7-18)30-23(20)29-24(27)28/h2-4,6-7,10-14,19H,5,8-9,15H2,1H3,(H,27,28). The summed E-state index contributed by atoms with van der Waals surface area (Å²) in [6, 6.07) is 19.6. The van der Waals surface area contributed by atoms with Crippen molar-refractivity contribution in [1.82, 2.24) is 0 Å². The zero-order valence-corrected chi connectivity index (χ0v) is 17.5. The Bertz CT molecular complexity index is 1040. The van der Waals surface area contributed by atoms with E-state index in [0.29, 0.717) is 12.2 Å². The van der Waals surface area contributed by atoms with Gasteiger partial charge >= 0.3 is 6.16 Å². The topological polar surface area (TPSA) is 66.8 Å². The van der Waals surface area contributed by atoms with Crippen molar-refractivity contribution in [3.63, 3.8) is 0 Å². The lowest BCUT2D eigenvalue weighted by atomic mass is 9.84. The fraction of sp³-hybridized carbons (Fsp3) is 0.250. The zero-order valence-electron chi connectivity index (χ0n) is 16.7. The Hall–Kier alpha value is -3.12. The van der Waals surface area contributed by atoms with Gasteiger partial charge in [-0.25, -0.2) is 4.79 Å². The highest BCUT2D eigenvalue weighted by atomic mass is 32.1. The molecule has 6 heteroatoms. The van der Waals surface area contributed by atoms with E-state index in [2.05, 4.69) is 0 Å². The van der Waals surface area contributed by atoms with Crippen LogP contribution in [0, 0.1) is 12.8 Å². The summed E-state index contributed by atoms with van der Waals surface area (Å²) >= 11 is 1.24. The molecule has 0 bridgehead atoms. The maximum atomic E-state index is 13.3. The number of aryl methyl sites for hydroxylation is 1. The molecular formula is C24H23NO4S. The summed E-state index contributed by atoms with van der Waals surface area (Å²) in [6.45, 7) is 2.39. The molecule has 0 radical (unpaired) electrons. The number of rotatable bonds is 6. The monoisotopic (exact) mass is 421 g/mol. The first kappa shape index (κ1) is 20.2. The molecule has 1 aliphatic carbocycles. The summed E-state index contributed by atoms with van der Waals surface area (Å²) < 4.78 is 5.11. The van der Waals surface area contributed by atoms with Gasteiger partial charge in [0.05, 0.1) is 12.2 Å². The number of ether oxygens (including phenoxy) is 1. The van der Waals surface area contributed by atoms with E-state index in [4.69, 9.17) is 4.74 Å². The second kappa shape index (κ2) is 8.71. The first-order valence-electron chi connectivity index (χ1n) is 9.98. The lowest BCUT2D eigenvalue weighted by Crippen LogP contribution is -2.38. The lowest BCUT2D eigenvalue weighted by Gasteiger charge is -2.31. The Morgan fingerprint density at radius 1 is 1.10 bits per heavy atom. The third-order valence-corrected chi connectivity index (χ3v) is 6.44. The van der Waals surface area contributed by atoms with Crippen LogP contribution in [0.2, 0.25) is 0 Å². The molecule has 30 heavy (non-hydrogen) atoms. The quantitative estimate of drug-likeness (QED) is 0.487. The van der Waals surface area contributed by atoms with Crippen molar-refractivity contribution in [2.75, 3.05) is 4.90 Å². The zero-order chi connectivity index (χ0) is 21.1. The molecule has 3 aromatic rings. The fourth-order valence-corrected chi connectivity index (χ4v) is 4.49. The van der Waals surface area contributed by atoms with Gasteiger partial charge in [-0.2, -0.15) is 0 Å². The highest BCUT2D eigenvalue weighted by Gasteiger charge is 2.33. The number of nitrogens with zero attached hydrogens (tertiary/aromatic N) is 1. The van der Waals surface area contributed by atoms with Gasteiger partial charge < -0.3 is 14.7 Å². The van der Waals surface area contributed by atoms with Gasteiger partial charge in [-0.3, -0.25) is 4.79 Å². The first-order chi connectivity index (χ1) is 14.5. The summed E-state index contributed by atoms with van der Waals surface area (Å²) in [4.78, 5) is 27.2. The summed E-state index contributed by atoms with van der Waals surface area (Å²) in [5, 5.41) is 9.48. The van der Waals surface area contributed by atoms with E-state index >= 15 is 0 Å². The van der Waals surface area contributed by atoms with Crippen molar-refractivity contribution < 1.29 is 19.4 Å². The molecule has 154 valence electrons. The second-order valence-corrected chi connectivity index (χ2v) is 8.57. The number of benzene rings is 2. The van der Waals surface area contributed by atoms with Gasteiger partial charge in [0.1, 0.15) is 0 Å². The van der Waals surface area contributed by atoms with Crippen molar-refractivity contribution in [2.45, 2.75) is 32.7 Å². The third-order valence-electron chi connectivity index (χ3n) is 5.39. The van der Waals surface area contributed by atoms with E-state index in [1.165, 1.54) is 11.3 Å². The minimum atomic E-state index is -1.39. The average Bonchev–Trinajstić information content (AvgIpc) is 3.09. The van der Waals surface area contributed by atoms with Gasteiger partial charge in [0.25, 0.3) is 0 Å². The van der Waals surface area contributed by atoms with Crippen molar-refractivity contribution in [3.8, 4) is 15.5 Å². The summed E-state index contributed by atoms with van der Waals surface area (Å²) in [5.74, 6) is 0.00248. The molecule has 0 saturated heterocycles. The number of carbonyl (C=O) groups is 2. The van der Waals surface area contributed by atoms with Gasteiger partial charge in [-0.05, 0) is 37.0 Å². The van der Waals surface area contributed by atoms with Crippen LogP contribution >= 0.6 is 11.3 Å². The number of carboxylic acid groups (broad SMARTS) is 1. The van der Waals surface area contributed by atoms with Crippen LogP contribution in [0.25, 0.3) is 10.4 Å². The van der Waals surface area contributed by atoms with Gasteiger partial charge in [-0.15, -0.1) is 0 Å². The Balaban J connectivity index is 1.75. The summed E-state index contributed by atoms with van der Waals surface area (Å²) in [6.07, 6.45) is 1.40. The fourth-order valence-electron chi connectivity index (χ4n) is 3.48. The van der Waals surface area contributed by atoms with Crippen molar-refractivity contribution in [2.24, 2.45) is 5.92 Å². The maximum Gasteiger partial charge on any atom is 0.512 e. The highest BCUT2D eigenvalue weighted by molar-refractivity contribution is 7.18. The van der Waals surface area contributed by atoms with Gasteiger partial charge in [0, 0.05) is 10.8 Å². The molecule has 4 rings (SSSR count). The average molecular weight is 422 g/mol. The van der Waals surface area contributed by atoms with Crippen LogP contribution in [0.1, 0.15) is 30.4 Å². The molecule has 1 amide bonds. The number of amides is 1. The van der Waals surface area contributed by atoms with Gasteiger partial charge in [0.2, 0.25) is 11.0 Å². The largest absolute Gasteiger partial charge is 0.512 e. The normalized spacial score (nSPS) is 13.5. The first-order valence-corrected chi connectivity index (χ1v) is 10.8. The molecule has 5 nitrogen and oxygen atoms in total. The molecule has 0 spiro atoms. The van der Waals surface area contributed by atoms with Gasteiger partial charge in [0.15, 0.2) is 0 Å². The molecule has 1 saturated carbocycles. The number of hydrogen-bond donors (Lipinski definition) is 1. The molecular weight excluding hydrogens is 398 g/mol. The van der Waals surface area contributed by atoms with E-state index in [-0.39, 0.29) is 16.9 Å². The Labute approximate surface area is 179 Å². The SMILES string of the molecule is Cc1ccc(CN(C(=O)C2CCC2)c2cc(-c3ccccc3)sc2OC(=O)O)cc1. The van der Waals surface area contributed by atoms with Crippen molar-refractivity contribution in [3.05, 3.63) is 71.8 Å². The number of thiophene rings is 1. The Morgan fingerprint density at radius 3 is 2.40 bits per heavy atom. The second-order valence-electron chi connectivity index (χ2n) is 7.56. The summed E-state index contributed by atoms with van der Waals surface area (Å²) in [7, 11) is 0. The number of carbonyl (C=O) groups excluding carboxylic acids is 1. The van der Waals surface area contributed by atoms with E-state index in [0.717, 1.165) is 40.8 Å². The van der Waals surface area contributed by atoms with E-state index in [9.17, 15) is 14.7 Å². The third kappa shape index (κ3) is 4.39. The molecule has 2 aromatic carbocycles. The molecule has 1 aliphatic rings. The predicted octanol–water partition coefficient (Wildman–Crippen LogP) is 6.11. The van der Waals surface area contributed by atoms with Crippen molar-refractivity contribution in [1.29, 1.82) is 0 Å². The highest BCUT2D eigenvalue weighted by Crippen LogP contribution is 2.44. The smallest absolute Gasteiger partial charge is 0.449 e. The van der Waals surface area contributed by atoms with E-state index in [1.807, 2.05) is 67.6 Å².